The zero-order valence-corrected chi connectivity index (χ0v) is 12.2. The highest BCUT2D eigenvalue weighted by molar-refractivity contribution is 5.94. The third kappa shape index (κ3) is 1.96. The highest BCUT2D eigenvalue weighted by Crippen LogP contribution is 2.61. The number of nitrogens with one attached hydrogen (secondary N) is 1. The second-order valence-electron chi connectivity index (χ2n) is 6.74. The lowest BCUT2D eigenvalue weighted by Gasteiger charge is -2.62. The highest BCUT2D eigenvalue weighted by atomic mass is 16.3. The van der Waals surface area contributed by atoms with E-state index in [4.69, 9.17) is 0 Å². The van der Waals surface area contributed by atoms with E-state index < -0.39 is 0 Å². The van der Waals surface area contributed by atoms with E-state index in [0.717, 1.165) is 12.0 Å². The van der Waals surface area contributed by atoms with Gasteiger partial charge in [-0.1, -0.05) is 32.0 Å². The van der Waals surface area contributed by atoms with E-state index >= 15 is 0 Å². The molecule has 1 aromatic carbocycles. The molecule has 0 radical (unpaired) electrons. The van der Waals surface area contributed by atoms with Crippen LogP contribution in [0.5, 0.6) is 0 Å². The first-order chi connectivity index (χ1) is 9.56. The van der Waals surface area contributed by atoms with Crippen LogP contribution >= 0.6 is 0 Å². The molecule has 3 aliphatic rings. The van der Waals surface area contributed by atoms with Crippen molar-refractivity contribution in [2.24, 2.45) is 23.2 Å². The van der Waals surface area contributed by atoms with Gasteiger partial charge in [0.25, 0.3) is 5.91 Å². The average Bonchev–Trinajstić information content (AvgIpc) is 2.48. The molecule has 3 fully saturated rings. The maximum absolute atomic E-state index is 12.3. The van der Waals surface area contributed by atoms with Crippen molar-refractivity contribution in [2.75, 3.05) is 6.61 Å². The Hall–Kier alpha value is -1.35. The summed E-state index contributed by atoms with van der Waals surface area (Å²) in [7, 11) is 0. The van der Waals surface area contributed by atoms with Crippen molar-refractivity contribution in [1.29, 1.82) is 0 Å². The first-order valence-corrected chi connectivity index (χ1v) is 7.53. The summed E-state index contributed by atoms with van der Waals surface area (Å²) in [6.07, 6.45) is 2.20. The summed E-state index contributed by atoms with van der Waals surface area (Å²) in [6.45, 7) is 4.67. The molecule has 3 nitrogen and oxygen atoms in total. The molecule has 1 aromatic rings. The quantitative estimate of drug-likeness (QED) is 0.889. The number of carbonyl (C=O) groups excluding carboxylic acids is 1. The maximum atomic E-state index is 12.3. The van der Waals surface area contributed by atoms with E-state index in [-0.39, 0.29) is 24.0 Å². The summed E-state index contributed by atoms with van der Waals surface area (Å²) in [4.78, 5) is 12.3. The van der Waals surface area contributed by atoms with Crippen molar-refractivity contribution < 1.29 is 9.90 Å². The Bertz CT molecular complexity index is 501. The number of carbonyl (C=O) groups is 1. The summed E-state index contributed by atoms with van der Waals surface area (Å²) in [5, 5.41) is 12.8. The molecule has 3 heteroatoms. The lowest BCUT2D eigenvalue weighted by Crippen LogP contribution is -2.63. The van der Waals surface area contributed by atoms with Gasteiger partial charge >= 0.3 is 0 Å². The van der Waals surface area contributed by atoms with Crippen LogP contribution in [0.4, 0.5) is 0 Å². The summed E-state index contributed by atoms with van der Waals surface area (Å²) in [6, 6.07) is 9.63. The largest absolute Gasteiger partial charge is 0.396 e. The van der Waals surface area contributed by atoms with Gasteiger partial charge in [0.2, 0.25) is 0 Å². The summed E-state index contributed by atoms with van der Waals surface area (Å²) >= 11 is 0. The normalized spacial score (nSPS) is 39.0. The summed E-state index contributed by atoms with van der Waals surface area (Å²) < 4.78 is 0. The Morgan fingerprint density at radius 2 is 2.05 bits per heavy atom. The van der Waals surface area contributed by atoms with E-state index in [9.17, 15) is 9.90 Å². The number of fused-ring (bicyclic) bond motifs is 2. The van der Waals surface area contributed by atoms with Gasteiger partial charge in [0.1, 0.15) is 0 Å². The minimum Gasteiger partial charge on any atom is -0.396 e. The summed E-state index contributed by atoms with van der Waals surface area (Å²) in [5.74, 6) is 1.54. The molecule has 4 rings (SSSR count). The second kappa shape index (κ2) is 4.88. The molecule has 0 aromatic heterocycles. The SMILES string of the molecule is C[C@@H]1[C@H](NC(=O)c2ccccc2)C[C@H]2C[C@@H]1[C@]2(C)CO. The van der Waals surface area contributed by atoms with Crippen LogP contribution in [0.3, 0.4) is 0 Å². The molecule has 5 atom stereocenters. The van der Waals surface area contributed by atoms with Crippen LogP contribution in [0.25, 0.3) is 0 Å². The Labute approximate surface area is 120 Å². The fourth-order valence-corrected chi connectivity index (χ4v) is 4.25. The van der Waals surface area contributed by atoms with Gasteiger partial charge in [-0.25, -0.2) is 0 Å². The minimum absolute atomic E-state index is 0.0226. The fraction of sp³-hybridized carbons (Fsp3) is 0.588. The lowest BCUT2D eigenvalue weighted by atomic mass is 9.44. The molecular formula is C17H23NO2. The molecule has 0 unspecified atom stereocenters. The number of rotatable bonds is 3. The van der Waals surface area contributed by atoms with Gasteiger partial charge in [0.15, 0.2) is 0 Å². The number of amides is 1. The molecule has 20 heavy (non-hydrogen) atoms. The molecule has 1 amide bonds. The van der Waals surface area contributed by atoms with E-state index in [2.05, 4.69) is 19.2 Å². The third-order valence-electron chi connectivity index (χ3n) is 5.82. The minimum atomic E-state index is 0.0226. The predicted octanol–water partition coefficient (Wildman–Crippen LogP) is 2.46. The maximum Gasteiger partial charge on any atom is 0.251 e. The molecule has 108 valence electrons. The molecule has 0 saturated heterocycles. The van der Waals surface area contributed by atoms with Crippen molar-refractivity contribution in [3.63, 3.8) is 0 Å². The highest BCUT2D eigenvalue weighted by Gasteiger charge is 2.58. The van der Waals surface area contributed by atoms with Crippen LogP contribution in [0.2, 0.25) is 0 Å². The van der Waals surface area contributed by atoms with Crippen molar-refractivity contribution in [3.05, 3.63) is 35.9 Å². The molecule has 2 N–H and O–H groups in total. The average molecular weight is 273 g/mol. The third-order valence-corrected chi connectivity index (χ3v) is 5.82. The Morgan fingerprint density at radius 1 is 1.35 bits per heavy atom. The van der Waals surface area contributed by atoms with E-state index in [0.29, 0.717) is 17.8 Å². The first-order valence-electron chi connectivity index (χ1n) is 7.53. The molecule has 0 heterocycles. The monoisotopic (exact) mass is 273 g/mol. The van der Waals surface area contributed by atoms with Crippen LogP contribution in [-0.4, -0.2) is 23.7 Å². The van der Waals surface area contributed by atoms with Gasteiger partial charge in [-0.05, 0) is 48.1 Å². The van der Waals surface area contributed by atoms with Crippen molar-refractivity contribution >= 4 is 5.91 Å². The number of benzene rings is 1. The number of hydrogen-bond acceptors (Lipinski definition) is 2. The van der Waals surface area contributed by atoms with Crippen LogP contribution in [0, 0.1) is 23.2 Å². The molecule has 3 aliphatic carbocycles. The number of hydrogen-bond donors (Lipinski definition) is 2. The molecular weight excluding hydrogens is 250 g/mol. The van der Waals surface area contributed by atoms with Gasteiger partial charge in [-0.15, -0.1) is 0 Å². The van der Waals surface area contributed by atoms with Gasteiger partial charge in [0.05, 0.1) is 0 Å². The van der Waals surface area contributed by atoms with Crippen molar-refractivity contribution in [1.82, 2.24) is 5.32 Å². The zero-order valence-electron chi connectivity index (χ0n) is 12.2. The summed E-state index contributed by atoms with van der Waals surface area (Å²) in [5.41, 5.74) is 0.803. The van der Waals surface area contributed by atoms with Gasteiger partial charge in [-0.3, -0.25) is 4.79 Å². The van der Waals surface area contributed by atoms with Crippen molar-refractivity contribution in [3.8, 4) is 0 Å². The van der Waals surface area contributed by atoms with E-state index in [1.165, 1.54) is 6.42 Å². The Balaban J connectivity index is 1.68. The van der Waals surface area contributed by atoms with E-state index in [1.807, 2.05) is 30.3 Å². The zero-order chi connectivity index (χ0) is 14.3. The number of aliphatic hydroxyl groups excluding tert-OH is 1. The lowest BCUT2D eigenvalue weighted by molar-refractivity contribution is -0.150. The smallest absolute Gasteiger partial charge is 0.251 e. The van der Waals surface area contributed by atoms with Gasteiger partial charge in [-0.2, -0.15) is 0 Å². The molecule has 0 spiro atoms. The Kier molecular flexibility index (Phi) is 3.33. The fourth-order valence-electron chi connectivity index (χ4n) is 4.25. The molecule has 3 saturated carbocycles. The van der Waals surface area contributed by atoms with Crippen LogP contribution in [0.15, 0.2) is 30.3 Å². The predicted molar refractivity (Wildman–Crippen MR) is 78.3 cm³/mol. The van der Waals surface area contributed by atoms with Crippen LogP contribution < -0.4 is 5.32 Å². The molecule has 0 aliphatic heterocycles. The van der Waals surface area contributed by atoms with Crippen LogP contribution in [0.1, 0.15) is 37.0 Å². The van der Waals surface area contributed by atoms with Crippen molar-refractivity contribution in [2.45, 2.75) is 32.7 Å². The Morgan fingerprint density at radius 3 is 2.65 bits per heavy atom. The first kappa shape index (κ1) is 13.6. The van der Waals surface area contributed by atoms with Gasteiger partial charge in [0, 0.05) is 18.2 Å². The second-order valence-corrected chi connectivity index (χ2v) is 6.74. The van der Waals surface area contributed by atoms with E-state index in [1.54, 1.807) is 0 Å². The topological polar surface area (TPSA) is 49.3 Å². The van der Waals surface area contributed by atoms with Crippen LogP contribution in [-0.2, 0) is 0 Å². The number of aliphatic hydroxyl groups is 1. The molecule has 2 bridgehead atoms. The standard InChI is InChI=1S/C17H23NO2/c1-11-14-8-13(17(14,2)10-19)9-15(11)18-16(20)12-6-4-3-5-7-12/h3-7,11,13-15,19H,8-10H2,1-2H3,(H,18,20)/t11-,13+,14-,15+,17+/m0/s1. The van der Waals surface area contributed by atoms with Gasteiger partial charge < -0.3 is 10.4 Å².